The van der Waals surface area contributed by atoms with E-state index in [1.165, 1.54) is 36.4 Å². The number of amides is 2. The number of hydrogen-bond donors (Lipinski definition) is 2. The Hall–Kier alpha value is -2.94. The number of carbonyl (C=O) groups excluding carboxylic acids is 2. The first kappa shape index (κ1) is 19.8. The Morgan fingerprint density at radius 3 is 2.18 bits per heavy atom. The summed E-state index contributed by atoms with van der Waals surface area (Å²) in [6.07, 6.45) is 1.95. The molecule has 1 fully saturated rings. The molecule has 148 valence electrons. The minimum absolute atomic E-state index is 0.0403. The van der Waals surface area contributed by atoms with E-state index in [-0.39, 0.29) is 28.6 Å². The van der Waals surface area contributed by atoms with Crippen molar-refractivity contribution in [2.45, 2.75) is 17.7 Å². The molecule has 2 N–H and O–H groups in total. The van der Waals surface area contributed by atoms with Gasteiger partial charge in [-0.25, -0.2) is 12.8 Å². The van der Waals surface area contributed by atoms with Crippen molar-refractivity contribution in [3.8, 4) is 0 Å². The van der Waals surface area contributed by atoms with Crippen LogP contribution in [0, 0.1) is 5.82 Å². The highest BCUT2D eigenvalue weighted by atomic mass is 32.2. The standard InChI is InChI=1S/C19H20FN3O4S/c20-15-5-7-16(8-6-15)22-28(26,27)17-9-3-14(4-10-17)19(25)21-13-18(24)23-11-1-2-12-23/h3-10,22H,1-2,11-13H2,(H,21,25). The molecule has 1 aliphatic heterocycles. The van der Waals surface area contributed by atoms with E-state index in [1.54, 1.807) is 4.90 Å². The molecule has 0 unspecified atom stereocenters. The lowest BCUT2D eigenvalue weighted by Gasteiger charge is -2.15. The van der Waals surface area contributed by atoms with Gasteiger partial charge in [0.1, 0.15) is 5.82 Å². The Bertz CT molecular complexity index is 954. The second kappa shape index (κ2) is 8.39. The summed E-state index contributed by atoms with van der Waals surface area (Å²) < 4.78 is 40.0. The van der Waals surface area contributed by atoms with Crippen molar-refractivity contribution in [2.24, 2.45) is 0 Å². The molecule has 9 heteroatoms. The van der Waals surface area contributed by atoms with Crippen LogP contribution in [0.5, 0.6) is 0 Å². The maximum absolute atomic E-state index is 12.9. The van der Waals surface area contributed by atoms with Crippen LogP contribution in [0.15, 0.2) is 53.4 Å². The molecule has 0 spiro atoms. The Kier molecular flexibility index (Phi) is 5.93. The molecule has 0 aliphatic carbocycles. The van der Waals surface area contributed by atoms with Crippen molar-refractivity contribution in [1.29, 1.82) is 0 Å². The van der Waals surface area contributed by atoms with E-state index in [2.05, 4.69) is 10.0 Å². The first-order valence-corrected chi connectivity index (χ1v) is 10.3. The summed E-state index contributed by atoms with van der Waals surface area (Å²) >= 11 is 0. The van der Waals surface area contributed by atoms with Gasteiger partial charge in [0.05, 0.1) is 11.4 Å². The number of anilines is 1. The molecule has 0 aromatic heterocycles. The maximum atomic E-state index is 12.9. The predicted octanol–water partition coefficient (Wildman–Crippen LogP) is 1.98. The van der Waals surface area contributed by atoms with Crippen LogP contribution in [0.2, 0.25) is 0 Å². The van der Waals surface area contributed by atoms with Gasteiger partial charge in [0.15, 0.2) is 0 Å². The molecule has 2 aromatic carbocycles. The number of halogens is 1. The fraction of sp³-hybridized carbons (Fsp3) is 0.263. The number of rotatable bonds is 6. The number of nitrogens with zero attached hydrogens (tertiary/aromatic N) is 1. The molecule has 1 heterocycles. The Labute approximate surface area is 162 Å². The third-order valence-corrected chi connectivity index (χ3v) is 5.78. The maximum Gasteiger partial charge on any atom is 0.261 e. The zero-order valence-corrected chi connectivity index (χ0v) is 15.8. The lowest BCUT2D eigenvalue weighted by atomic mass is 10.2. The summed E-state index contributed by atoms with van der Waals surface area (Å²) in [5.41, 5.74) is 0.471. The first-order valence-electron chi connectivity index (χ1n) is 8.79. The van der Waals surface area contributed by atoms with Gasteiger partial charge in [-0.1, -0.05) is 0 Å². The number of carbonyl (C=O) groups is 2. The van der Waals surface area contributed by atoms with Crippen LogP contribution in [0.25, 0.3) is 0 Å². The van der Waals surface area contributed by atoms with Crippen molar-refractivity contribution in [3.63, 3.8) is 0 Å². The highest BCUT2D eigenvalue weighted by Crippen LogP contribution is 2.17. The molecule has 0 radical (unpaired) electrons. The van der Waals surface area contributed by atoms with Gasteiger partial charge in [-0.3, -0.25) is 14.3 Å². The zero-order chi connectivity index (χ0) is 20.1. The molecule has 2 amide bonds. The molecule has 1 saturated heterocycles. The average Bonchev–Trinajstić information content (AvgIpc) is 3.22. The molecular formula is C19H20FN3O4S. The first-order chi connectivity index (χ1) is 13.3. The molecule has 0 bridgehead atoms. The lowest BCUT2D eigenvalue weighted by molar-refractivity contribution is -0.129. The van der Waals surface area contributed by atoms with Crippen LogP contribution in [0.3, 0.4) is 0 Å². The fourth-order valence-corrected chi connectivity index (χ4v) is 3.91. The van der Waals surface area contributed by atoms with Crippen LogP contribution in [-0.2, 0) is 14.8 Å². The fourth-order valence-electron chi connectivity index (χ4n) is 2.85. The largest absolute Gasteiger partial charge is 0.343 e. The normalized spacial score (nSPS) is 14.0. The van der Waals surface area contributed by atoms with Crippen molar-refractivity contribution < 1.29 is 22.4 Å². The van der Waals surface area contributed by atoms with E-state index in [0.29, 0.717) is 13.1 Å². The van der Waals surface area contributed by atoms with E-state index in [4.69, 9.17) is 0 Å². The topological polar surface area (TPSA) is 95.6 Å². The Morgan fingerprint density at radius 1 is 0.964 bits per heavy atom. The van der Waals surface area contributed by atoms with E-state index >= 15 is 0 Å². The SMILES string of the molecule is O=C(NCC(=O)N1CCCC1)c1ccc(S(=O)(=O)Nc2ccc(F)cc2)cc1. The third kappa shape index (κ3) is 4.86. The lowest BCUT2D eigenvalue weighted by Crippen LogP contribution is -2.38. The minimum atomic E-state index is -3.87. The molecule has 7 nitrogen and oxygen atoms in total. The summed E-state index contributed by atoms with van der Waals surface area (Å²) in [7, 11) is -3.87. The Balaban J connectivity index is 1.60. The van der Waals surface area contributed by atoms with Gasteiger partial charge in [-0.15, -0.1) is 0 Å². The minimum Gasteiger partial charge on any atom is -0.343 e. The third-order valence-electron chi connectivity index (χ3n) is 4.38. The second-order valence-corrected chi connectivity index (χ2v) is 8.09. The van der Waals surface area contributed by atoms with Gasteiger partial charge in [-0.2, -0.15) is 0 Å². The smallest absolute Gasteiger partial charge is 0.261 e. The summed E-state index contributed by atoms with van der Waals surface area (Å²) in [6, 6.07) is 10.2. The average molecular weight is 405 g/mol. The number of hydrogen-bond acceptors (Lipinski definition) is 4. The van der Waals surface area contributed by atoms with Crippen LogP contribution in [0.1, 0.15) is 23.2 Å². The number of sulfonamides is 1. The summed E-state index contributed by atoms with van der Waals surface area (Å²) in [5, 5.41) is 2.55. The van der Waals surface area contributed by atoms with Crippen LogP contribution < -0.4 is 10.0 Å². The van der Waals surface area contributed by atoms with Gasteiger partial charge in [0.25, 0.3) is 15.9 Å². The number of likely N-dealkylation sites (tertiary alicyclic amines) is 1. The van der Waals surface area contributed by atoms with Gasteiger partial charge >= 0.3 is 0 Å². The van der Waals surface area contributed by atoms with Crippen molar-refractivity contribution in [3.05, 3.63) is 59.9 Å². The monoisotopic (exact) mass is 405 g/mol. The van der Waals surface area contributed by atoms with Crippen LogP contribution >= 0.6 is 0 Å². The van der Waals surface area contributed by atoms with E-state index in [0.717, 1.165) is 25.0 Å². The molecule has 28 heavy (non-hydrogen) atoms. The molecule has 1 aliphatic rings. The van der Waals surface area contributed by atoms with Crippen molar-refractivity contribution in [2.75, 3.05) is 24.4 Å². The molecule has 2 aromatic rings. The highest BCUT2D eigenvalue weighted by Gasteiger charge is 2.19. The Morgan fingerprint density at radius 2 is 1.57 bits per heavy atom. The van der Waals surface area contributed by atoms with Gasteiger partial charge < -0.3 is 10.2 Å². The van der Waals surface area contributed by atoms with Crippen LogP contribution in [0.4, 0.5) is 10.1 Å². The molecular weight excluding hydrogens is 385 g/mol. The number of benzene rings is 2. The quantitative estimate of drug-likeness (QED) is 0.768. The second-order valence-electron chi connectivity index (χ2n) is 6.41. The van der Waals surface area contributed by atoms with E-state index in [1.807, 2.05) is 0 Å². The summed E-state index contributed by atoms with van der Waals surface area (Å²) in [6.45, 7) is 1.33. The van der Waals surface area contributed by atoms with Crippen LogP contribution in [-0.4, -0.2) is 44.8 Å². The van der Waals surface area contributed by atoms with Crippen molar-refractivity contribution >= 4 is 27.5 Å². The van der Waals surface area contributed by atoms with E-state index < -0.39 is 21.7 Å². The molecule has 0 saturated carbocycles. The zero-order valence-electron chi connectivity index (χ0n) is 15.0. The van der Waals surface area contributed by atoms with E-state index in [9.17, 15) is 22.4 Å². The predicted molar refractivity (Wildman–Crippen MR) is 102 cm³/mol. The van der Waals surface area contributed by atoms with Gasteiger partial charge in [0, 0.05) is 24.3 Å². The van der Waals surface area contributed by atoms with Crippen molar-refractivity contribution in [1.82, 2.24) is 10.2 Å². The highest BCUT2D eigenvalue weighted by molar-refractivity contribution is 7.92. The summed E-state index contributed by atoms with van der Waals surface area (Å²) in [5.74, 6) is -1.06. The van der Waals surface area contributed by atoms with Gasteiger partial charge in [-0.05, 0) is 61.4 Å². The van der Waals surface area contributed by atoms with Gasteiger partial charge in [0.2, 0.25) is 5.91 Å². The molecule has 3 rings (SSSR count). The summed E-state index contributed by atoms with van der Waals surface area (Å²) in [4.78, 5) is 25.8. The molecule has 0 atom stereocenters. The number of nitrogens with one attached hydrogen (secondary N) is 2.